The number of H-pyrrole nitrogens is 3. The van der Waals surface area contributed by atoms with Gasteiger partial charge in [-0.3, -0.25) is 69.6 Å². The van der Waals surface area contributed by atoms with Gasteiger partial charge < -0.3 is 118 Å². The molecule has 6 aromatic rings. The number of hydrogen-bond donors (Lipinski definition) is 26. The molecule has 0 saturated heterocycles. The van der Waals surface area contributed by atoms with E-state index in [0.717, 1.165) is 21.8 Å². The quantitative estimate of drug-likeness (QED) is 0.0100. The number of benzene rings is 3. The van der Waals surface area contributed by atoms with Crippen LogP contribution in [0.4, 0.5) is 0 Å². The first-order valence-electron chi connectivity index (χ1n) is 33.3. The van der Waals surface area contributed by atoms with Crippen LogP contribution in [-0.4, -0.2) is 184 Å². The lowest BCUT2D eigenvalue weighted by Gasteiger charge is -2.28. The number of hydrogen-bond acceptors (Lipinski definition) is 15. The van der Waals surface area contributed by atoms with Gasteiger partial charge in [0.2, 0.25) is 59.1 Å². The van der Waals surface area contributed by atoms with Crippen molar-refractivity contribution in [2.24, 2.45) is 34.4 Å². The van der Waals surface area contributed by atoms with Gasteiger partial charge >= 0.3 is 0 Å². The Morgan fingerprint density at radius 3 is 0.941 bits per heavy atom. The van der Waals surface area contributed by atoms with Crippen LogP contribution in [0.15, 0.2) is 91.4 Å². The number of nitrogens with one attached hydrogen (secondary N) is 20. The van der Waals surface area contributed by atoms with E-state index in [1.807, 2.05) is 36.4 Å². The van der Waals surface area contributed by atoms with Crippen LogP contribution >= 0.6 is 0 Å². The number of aromatic nitrogens is 3. The molecule has 0 aliphatic heterocycles. The van der Waals surface area contributed by atoms with Gasteiger partial charge in [0, 0.05) is 96.7 Å². The van der Waals surface area contributed by atoms with Gasteiger partial charge in [-0.2, -0.15) is 0 Å². The molecule has 0 saturated carbocycles. The third kappa shape index (κ3) is 24.8. The Labute approximate surface area is 587 Å². The molecule has 550 valence electrons. The highest BCUT2D eigenvalue weighted by atomic mass is 16.2. The molecule has 10 atom stereocenters. The van der Waals surface area contributed by atoms with E-state index in [-0.39, 0.29) is 114 Å². The molecule has 0 unspecified atom stereocenters. The van der Waals surface area contributed by atoms with E-state index >= 15 is 0 Å². The summed E-state index contributed by atoms with van der Waals surface area (Å²) in [6.45, 7) is 4.55. The van der Waals surface area contributed by atoms with Crippen molar-refractivity contribution in [1.82, 2.24) is 84.1 Å². The van der Waals surface area contributed by atoms with Crippen LogP contribution in [0.3, 0.4) is 0 Å². The van der Waals surface area contributed by atoms with Gasteiger partial charge in [-0.15, -0.1) is 0 Å². The molecule has 36 heteroatoms. The van der Waals surface area contributed by atoms with E-state index in [4.69, 9.17) is 56.0 Å². The number of nitrogens with two attached hydrogens (primary N) is 6. The molecule has 0 aliphatic rings. The Hall–Kier alpha value is -12.0. The predicted molar refractivity (Wildman–Crippen MR) is 384 cm³/mol. The van der Waals surface area contributed by atoms with Gasteiger partial charge in [0.1, 0.15) is 54.4 Å². The minimum absolute atomic E-state index is 0.0281. The van der Waals surface area contributed by atoms with Crippen LogP contribution in [0, 0.1) is 21.6 Å². The molecule has 0 aliphatic carbocycles. The largest absolute Gasteiger partial charge is 0.370 e. The summed E-state index contributed by atoms with van der Waals surface area (Å²) in [5.41, 5.74) is 37.9. The third-order valence-corrected chi connectivity index (χ3v) is 16.7. The van der Waals surface area contributed by atoms with E-state index in [1.165, 1.54) is 20.8 Å². The van der Waals surface area contributed by atoms with E-state index in [2.05, 4.69) is 84.1 Å². The van der Waals surface area contributed by atoms with Gasteiger partial charge in [0.15, 0.2) is 23.8 Å². The third-order valence-electron chi connectivity index (χ3n) is 16.7. The number of amides is 10. The topological polar surface area (TPSA) is 626 Å². The fourth-order valence-electron chi connectivity index (χ4n) is 11.1. The molecular weight excluding hydrogens is 1320 g/mol. The van der Waals surface area contributed by atoms with Crippen molar-refractivity contribution < 1.29 is 47.9 Å². The monoisotopic (exact) mass is 1410 g/mol. The lowest BCUT2D eigenvalue weighted by atomic mass is 10.0. The summed E-state index contributed by atoms with van der Waals surface area (Å²) in [7, 11) is 0. The second kappa shape index (κ2) is 39.0. The number of primary amides is 1. The number of carbonyl (C=O) groups is 10. The maximum atomic E-state index is 15.0. The van der Waals surface area contributed by atoms with Gasteiger partial charge in [0.05, 0.1) is 6.04 Å². The Kier molecular flexibility index (Phi) is 30.2. The van der Waals surface area contributed by atoms with Crippen molar-refractivity contribution in [1.29, 1.82) is 21.6 Å². The first-order chi connectivity index (χ1) is 48.6. The van der Waals surface area contributed by atoms with E-state index in [0.29, 0.717) is 34.0 Å². The van der Waals surface area contributed by atoms with Crippen molar-refractivity contribution >= 4 is 116 Å². The molecule has 6 rings (SSSR count). The summed E-state index contributed by atoms with van der Waals surface area (Å²) in [5.74, 6) is -9.69. The van der Waals surface area contributed by atoms with E-state index in [9.17, 15) is 47.9 Å². The zero-order chi connectivity index (χ0) is 74.6. The summed E-state index contributed by atoms with van der Waals surface area (Å²) < 4.78 is 0. The molecule has 0 bridgehead atoms. The standard InChI is InChI=1S/C66H96N26O10/c1-34(84-57(97)43(67)17-10-24-77-63(69)70)56(96)91-52(30-39-33-83-46-20-9-6-16-42(39)46)62(102)89-48(22-12-26-79-65(73)74)59(99)88-49(23-13-27-80-66(75)76)60(100)92-51(29-38-32-82-45-19-8-5-15-41(38)45)61(101)86-35(2)54(94)87-47(21-11-25-78-64(71)72)58(98)85-36(3)55(95)90-50(53(68)93)28-37-31-81-44-18-7-4-14-40(37)44/h4-9,14-16,18-20,31-36,43,47-52,81-83H,10-13,17,21-30,67H2,1-3H3,(H2,68,93)(H,84,97)(H,85,98)(H,86,101)(H,87,94)(H,88,99)(H,89,102)(H,90,95)(H,91,96)(H,92,100)(H4,69,70,77)(H4,71,72,78)(H4,73,74,79)(H4,75,76,80)/t34-,35-,36-,43-,47-,48-,49-,50-,51-,52-/m0/s1. The molecule has 0 spiro atoms. The van der Waals surface area contributed by atoms with Crippen LogP contribution in [0.5, 0.6) is 0 Å². The van der Waals surface area contributed by atoms with Crippen LogP contribution < -0.4 is 104 Å². The minimum Gasteiger partial charge on any atom is -0.370 e. The van der Waals surface area contributed by atoms with E-state index in [1.54, 1.807) is 55.0 Å². The number of fused-ring (bicyclic) bond motifs is 3. The zero-order valence-electron chi connectivity index (χ0n) is 57.1. The first-order valence-corrected chi connectivity index (χ1v) is 33.3. The van der Waals surface area contributed by atoms with Crippen LogP contribution in [-0.2, 0) is 67.2 Å². The number of guanidine groups is 4. The maximum Gasteiger partial charge on any atom is 0.243 e. The summed E-state index contributed by atoms with van der Waals surface area (Å²) >= 11 is 0. The molecule has 0 radical (unpaired) electrons. The SMILES string of the molecule is C[C@H](NC(=O)[C@H](CCCNC(=N)N)NC(=O)[C@H](C)NC(=O)[C@H](Cc1c[nH]c2ccccc12)NC(=O)[C@H](CCCNC(=N)N)NC(=O)[C@H](CCCNC(=N)N)NC(=O)[C@H](Cc1c[nH]c2ccccc12)NC(=O)[C@H](C)NC(=O)[C@@H](N)CCCNC(=N)N)C(=O)N[C@@H](Cc1c[nH]c2ccccc12)C(N)=O. The predicted octanol–water partition coefficient (Wildman–Crippen LogP) is -3.55. The first kappa shape index (κ1) is 79.0. The summed E-state index contributed by atoms with van der Waals surface area (Å²) in [6.07, 6.45) is 5.23. The molecule has 0 fully saturated rings. The fraction of sp³-hybridized carbons (Fsp3) is 0.424. The van der Waals surface area contributed by atoms with Gasteiger partial charge in [-0.25, -0.2) is 0 Å². The second-order valence-corrected chi connectivity index (χ2v) is 24.7. The number of carbonyl (C=O) groups excluding carboxylic acids is 10. The zero-order valence-corrected chi connectivity index (χ0v) is 57.1. The van der Waals surface area contributed by atoms with Crippen molar-refractivity contribution in [3.05, 3.63) is 108 Å². The summed E-state index contributed by atoms with van der Waals surface area (Å²) in [5, 5.41) is 67.2. The molecule has 36 nitrogen and oxygen atoms in total. The van der Waals surface area contributed by atoms with Crippen molar-refractivity contribution in [3.8, 4) is 0 Å². The highest BCUT2D eigenvalue weighted by Crippen LogP contribution is 2.23. The van der Waals surface area contributed by atoms with E-state index < -0.39 is 119 Å². The lowest BCUT2D eigenvalue weighted by molar-refractivity contribution is -0.136. The maximum absolute atomic E-state index is 15.0. The number of para-hydroxylation sites is 3. The van der Waals surface area contributed by atoms with Crippen molar-refractivity contribution in [3.63, 3.8) is 0 Å². The Balaban J connectivity index is 1.23. The normalized spacial score (nSPS) is 14.0. The Bertz CT molecular complexity index is 3960. The molecular formula is C66H96N26O10. The van der Waals surface area contributed by atoms with Crippen molar-refractivity contribution in [2.45, 2.75) is 152 Å². The molecule has 3 aromatic heterocycles. The lowest BCUT2D eigenvalue weighted by Crippen LogP contribution is -2.60. The number of aromatic amines is 3. The van der Waals surface area contributed by atoms with Gasteiger partial charge in [-0.05, 0) is 107 Å². The summed E-state index contributed by atoms with van der Waals surface area (Å²) in [4.78, 5) is 151. The van der Waals surface area contributed by atoms with Crippen molar-refractivity contribution in [2.75, 3.05) is 26.2 Å². The molecule has 32 N–H and O–H groups in total. The number of rotatable bonds is 41. The fourth-order valence-corrected chi connectivity index (χ4v) is 11.1. The van der Waals surface area contributed by atoms with Crippen LogP contribution in [0.25, 0.3) is 32.7 Å². The van der Waals surface area contributed by atoms with Crippen LogP contribution in [0.1, 0.15) is 88.8 Å². The minimum atomic E-state index is -1.50. The van der Waals surface area contributed by atoms with Crippen LogP contribution in [0.2, 0.25) is 0 Å². The van der Waals surface area contributed by atoms with Gasteiger partial charge in [0.25, 0.3) is 0 Å². The highest BCUT2D eigenvalue weighted by Gasteiger charge is 2.35. The average molecular weight is 1410 g/mol. The van der Waals surface area contributed by atoms with Gasteiger partial charge in [-0.1, -0.05) is 54.6 Å². The molecule has 102 heavy (non-hydrogen) atoms. The molecule has 3 aromatic carbocycles. The highest BCUT2D eigenvalue weighted by molar-refractivity contribution is 6.00. The average Bonchev–Trinajstić information content (AvgIpc) is 1.65. The Morgan fingerprint density at radius 2 is 0.598 bits per heavy atom. The Morgan fingerprint density at radius 1 is 0.343 bits per heavy atom. The summed E-state index contributed by atoms with van der Waals surface area (Å²) in [6, 6.07) is 8.29. The second-order valence-electron chi connectivity index (χ2n) is 24.7. The smallest absolute Gasteiger partial charge is 0.243 e. The molecule has 3 heterocycles. The molecule has 10 amide bonds.